The lowest BCUT2D eigenvalue weighted by atomic mass is 9.97. The summed E-state index contributed by atoms with van der Waals surface area (Å²) in [6, 6.07) is 24.2. The highest BCUT2D eigenvalue weighted by Gasteiger charge is 2.18. The molecule has 0 fully saturated rings. The van der Waals surface area contributed by atoms with E-state index in [1.54, 1.807) is 18.2 Å². The van der Waals surface area contributed by atoms with Crippen LogP contribution in [-0.4, -0.2) is 21.8 Å². The number of benzene rings is 3. The van der Waals surface area contributed by atoms with Crippen molar-refractivity contribution in [2.75, 3.05) is 7.11 Å². The van der Waals surface area contributed by atoms with E-state index in [2.05, 4.69) is 11.1 Å². The highest BCUT2D eigenvalue weighted by molar-refractivity contribution is 5.70. The number of aromatic nitrogens is 2. The van der Waals surface area contributed by atoms with Crippen LogP contribution in [0.3, 0.4) is 0 Å². The number of aromatic hydroxyl groups is 1. The smallest absolute Gasteiger partial charge is 0.303 e. The maximum Gasteiger partial charge on any atom is 0.303 e. The van der Waals surface area contributed by atoms with Crippen LogP contribution >= 0.6 is 0 Å². The summed E-state index contributed by atoms with van der Waals surface area (Å²) in [6.45, 7) is 2.05. The number of rotatable bonds is 7. The van der Waals surface area contributed by atoms with Gasteiger partial charge >= 0.3 is 6.01 Å². The Morgan fingerprint density at radius 2 is 1.74 bits per heavy atom. The summed E-state index contributed by atoms with van der Waals surface area (Å²) in [5.41, 5.74) is 5.13. The normalized spacial score (nSPS) is 10.6. The first kappa shape index (κ1) is 22.8. The molecule has 4 aromatic rings. The minimum Gasteiger partial charge on any atom is -0.508 e. The molecule has 34 heavy (non-hydrogen) atoms. The molecule has 0 unspecified atom stereocenters. The van der Waals surface area contributed by atoms with Gasteiger partial charge in [-0.15, -0.1) is 0 Å². The van der Waals surface area contributed by atoms with Gasteiger partial charge < -0.3 is 9.84 Å². The molecule has 4 rings (SSSR count). The third-order valence-corrected chi connectivity index (χ3v) is 5.70. The van der Waals surface area contributed by atoms with Gasteiger partial charge in [-0.2, -0.15) is 5.26 Å². The molecule has 6 nitrogen and oxygen atoms in total. The SMILES string of the molecule is CCCc1nc(OC)n(-c2ccc(O)cc2)c(=O)c1Cc1ccc(-c2ccccc2C#N)cc1. The molecule has 0 bridgehead atoms. The Bertz CT molecular complexity index is 1400. The molecule has 0 radical (unpaired) electrons. The van der Waals surface area contributed by atoms with E-state index in [0.29, 0.717) is 29.7 Å². The van der Waals surface area contributed by atoms with E-state index in [0.717, 1.165) is 28.8 Å². The predicted octanol–water partition coefficient (Wildman–Crippen LogP) is 5.03. The van der Waals surface area contributed by atoms with Crippen LogP contribution in [-0.2, 0) is 12.8 Å². The number of phenols is 1. The zero-order valence-corrected chi connectivity index (χ0v) is 19.2. The molecule has 170 valence electrons. The molecular formula is C28H25N3O3. The van der Waals surface area contributed by atoms with E-state index in [1.807, 2.05) is 49.4 Å². The molecule has 3 aromatic carbocycles. The number of ether oxygens (including phenoxy) is 1. The number of phenolic OH excluding ortho intramolecular Hbond substituents is 1. The van der Waals surface area contributed by atoms with Gasteiger partial charge in [0.05, 0.1) is 30.1 Å². The van der Waals surface area contributed by atoms with Gasteiger partial charge in [0.15, 0.2) is 0 Å². The number of nitrogens with zero attached hydrogens (tertiary/aromatic N) is 3. The zero-order valence-electron chi connectivity index (χ0n) is 19.2. The average molecular weight is 452 g/mol. The van der Waals surface area contributed by atoms with E-state index in [1.165, 1.54) is 23.8 Å². The van der Waals surface area contributed by atoms with Crippen molar-refractivity contribution in [3.63, 3.8) is 0 Å². The van der Waals surface area contributed by atoms with Crippen LogP contribution in [0.15, 0.2) is 77.6 Å². The Labute approximate surface area is 198 Å². The molecule has 1 aromatic heterocycles. The van der Waals surface area contributed by atoms with Crippen LogP contribution in [0.2, 0.25) is 0 Å². The average Bonchev–Trinajstić information content (AvgIpc) is 2.87. The lowest BCUT2D eigenvalue weighted by molar-refractivity contribution is 0.362. The van der Waals surface area contributed by atoms with Crippen LogP contribution in [0, 0.1) is 11.3 Å². The van der Waals surface area contributed by atoms with Gasteiger partial charge in [-0.1, -0.05) is 55.8 Å². The Morgan fingerprint density at radius 3 is 2.38 bits per heavy atom. The van der Waals surface area contributed by atoms with Crippen LogP contribution in [0.1, 0.15) is 35.7 Å². The Balaban J connectivity index is 1.76. The van der Waals surface area contributed by atoms with Crippen molar-refractivity contribution in [2.24, 2.45) is 0 Å². The Kier molecular flexibility index (Phi) is 6.74. The Hall–Kier alpha value is -4.37. The molecular weight excluding hydrogens is 426 g/mol. The van der Waals surface area contributed by atoms with Crippen LogP contribution < -0.4 is 10.3 Å². The quantitative estimate of drug-likeness (QED) is 0.426. The van der Waals surface area contributed by atoms with Gasteiger partial charge in [-0.3, -0.25) is 4.79 Å². The van der Waals surface area contributed by atoms with E-state index in [-0.39, 0.29) is 17.3 Å². The van der Waals surface area contributed by atoms with Crippen molar-refractivity contribution < 1.29 is 9.84 Å². The topological polar surface area (TPSA) is 88.1 Å². The first-order valence-corrected chi connectivity index (χ1v) is 11.1. The van der Waals surface area contributed by atoms with Gasteiger partial charge in [-0.05, 0) is 53.4 Å². The van der Waals surface area contributed by atoms with Crippen molar-refractivity contribution in [3.8, 4) is 34.6 Å². The molecule has 1 heterocycles. The molecule has 0 amide bonds. The number of nitriles is 1. The summed E-state index contributed by atoms with van der Waals surface area (Å²) in [4.78, 5) is 18.3. The summed E-state index contributed by atoms with van der Waals surface area (Å²) in [7, 11) is 1.49. The summed E-state index contributed by atoms with van der Waals surface area (Å²) in [5.74, 6) is 0.115. The second-order valence-electron chi connectivity index (χ2n) is 7.96. The number of hydrogen-bond donors (Lipinski definition) is 1. The summed E-state index contributed by atoms with van der Waals surface area (Å²) < 4.78 is 6.89. The van der Waals surface area contributed by atoms with Crippen LogP contribution in [0.5, 0.6) is 11.8 Å². The fourth-order valence-electron chi connectivity index (χ4n) is 4.00. The third-order valence-electron chi connectivity index (χ3n) is 5.70. The summed E-state index contributed by atoms with van der Waals surface area (Å²) in [6.07, 6.45) is 1.92. The van der Waals surface area contributed by atoms with Crippen LogP contribution in [0.4, 0.5) is 0 Å². The molecule has 1 N–H and O–H groups in total. The first-order valence-electron chi connectivity index (χ1n) is 11.1. The number of hydrogen-bond acceptors (Lipinski definition) is 5. The highest BCUT2D eigenvalue weighted by Crippen LogP contribution is 2.25. The molecule has 0 aliphatic rings. The molecule has 0 spiro atoms. The molecule has 6 heteroatoms. The van der Waals surface area contributed by atoms with Crippen molar-refractivity contribution in [1.82, 2.24) is 9.55 Å². The molecule has 0 aliphatic heterocycles. The molecule has 0 saturated carbocycles. The summed E-state index contributed by atoms with van der Waals surface area (Å²) >= 11 is 0. The van der Waals surface area contributed by atoms with E-state index in [9.17, 15) is 15.2 Å². The van der Waals surface area contributed by atoms with Crippen molar-refractivity contribution in [3.05, 3.63) is 106 Å². The van der Waals surface area contributed by atoms with Crippen LogP contribution in [0.25, 0.3) is 16.8 Å². The van der Waals surface area contributed by atoms with Gasteiger partial charge in [0.2, 0.25) is 0 Å². The van der Waals surface area contributed by atoms with Gasteiger partial charge in [0.25, 0.3) is 5.56 Å². The lowest BCUT2D eigenvalue weighted by Gasteiger charge is -2.16. The van der Waals surface area contributed by atoms with E-state index >= 15 is 0 Å². The highest BCUT2D eigenvalue weighted by atomic mass is 16.5. The monoisotopic (exact) mass is 451 g/mol. The van der Waals surface area contributed by atoms with Crippen molar-refractivity contribution in [2.45, 2.75) is 26.2 Å². The largest absolute Gasteiger partial charge is 0.508 e. The van der Waals surface area contributed by atoms with Gasteiger partial charge in [0, 0.05) is 12.0 Å². The second-order valence-corrected chi connectivity index (χ2v) is 7.96. The van der Waals surface area contributed by atoms with Gasteiger partial charge in [0.1, 0.15) is 5.75 Å². The molecule has 0 saturated heterocycles. The predicted molar refractivity (Wildman–Crippen MR) is 131 cm³/mol. The molecule has 0 atom stereocenters. The van der Waals surface area contributed by atoms with Crippen molar-refractivity contribution in [1.29, 1.82) is 5.26 Å². The third kappa shape index (κ3) is 4.55. The first-order chi connectivity index (χ1) is 16.5. The second kappa shape index (κ2) is 10.1. The standard InChI is InChI=1S/C28H25N3O3/c1-3-6-26-25(27(33)31(28(30-26)34-2)22-13-15-23(32)16-14-22)17-19-9-11-20(12-10-19)24-8-5-4-7-21(24)18-29/h4-5,7-16,32H,3,6,17H2,1-2H3. The van der Waals surface area contributed by atoms with E-state index in [4.69, 9.17) is 4.74 Å². The fraction of sp³-hybridized carbons (Fsp3) is 0.179. The van der Waals surface area contributed by atoms with E-state index < -0.39 is 0 Å². The lowest BCUT2D eigenvalue weighted by Crippen LogP contribution is -2.27. The number of methoxy groups -OCH3 is 1. The number of aryl methyl sites for hydroxylation is 1. The fourth-order valence-corrected chi connectivity index (χ4v) is 4.00. The van der Waals surface area contributed by atoms with Gasteiger partial charge in [-0.25, -0.2) is 9.55 Å². The minimum absolute atomic E-state index is 0.115. The maximum atomic E-state index is 13.7. The Morgan fingerprint density at radius 1 is 1.03 bits per heavy atom. The zero-order chi connectivity index (χ0) is 24.1. The minimum atomic E-state index is -0.195. The maximum absolute atomic E-state index is 13.7. The van der Waals surface area contributed by atoms with Crippen molar-refractivity contribution >= 4 is 0 Å². The molecule has 0 aliphatic carbocycles. The summed E-state index contributed by atoms with van der Waals surface area (Å²) in [5, 5.41) is 19.0.